The van der Waals surface area contributed by atoms with Crippen LogP contribution in [0.5, 0.6) is 0 Å². The van der Waals surface area contributed by atoms with Gasteiger partial charge in [0.05, 0.1) is 29.7 Å². The molecule has 0 spiro atoms. The fourth-order valence-corrected chi connectivity index (χ4v) is 3.34. The number of anilines is 1. The summed E-state index contributed by atoms with van der Waals surface area (Å²) in [6.07, 6.45) is 2.75. The second-order valence-corrected chi connectivity index (χ2v) is 6.01. The van der Waals surface area contributed by atoms with Gasteiger partial charge in [-0.05, 0) is 39.3 Å². The molecule has 2 atom stereocenters. The summed E-state index contributed by atoms with van der Waals surface area (Å²) in [5.74, 6) is 0. The molecule has 2 aliphatic heterocycles. The van der Waals surface area contributed by atoms with Gasteiger partial charge in [0.25, 0.3) is 0 Å². The maximum Gasteiger partial charge on any atom is 0.103 e. The average Bonchev–Trinajstić information content (AvgIpc) is 2.92. The number of hydrogen-bond acceptors (Lipinski definition) is 5. The highest BCUT2D eigenvalue weighted by atomic mass is 16.5. The van der Waals surface area contributed by atoms with Crippen LogP contribution in [0.15, 0.2) is 6.07 Å². The van der Waals surface area contributed by atoms with Crippen molar-refractivity contribution in [3.63, 3.8) is 0 Å². The summed E-state index contributed by atoms with van der Waals surface area (Å²) >= 11 is 0. The molecule has 0 aliphatic carbocycles. The van der Waals surface area contributed by atoms with Crippen LogP contribution in [0.4, 0.5) is 5.69 Å². The topological polar surface area (TPSA) is 61.2 Å². The molecule has 0 bridgehead atoms. The number of pyridine rings is 1. The van der Waals surface area contributed by atoms with Crippen molar-refractivity contribution in [2.24, 2.45) is 0 Å². The first-order valence-electron chi connectivity index (χ1n) is 7.65. The lowest BCUT2D eigenvalue weighted by atomic mass is 10.1. The van der Waals surface area contributed by atoms with Gasteiger partial charge in [-0.2, -0.15) is 5.26 Å². The minimum Gasteiger partial charge on any atom is -0.381 e. The third-order valence-corrected chi connectivity index (χ3v) is 4.42. The molecule has 2 saturated heterocycles. The largest absolute Gasteiger partial charge is 0.381 e. The maximum atomic E-state index is 9.28. The van der Waals surface area contributed by atoms with Gasteiger partial charge in [-0.15, -0.1) is 0 Å². The van der Waals surface area contributed by atoms with E-state index in [9.17, 15) is 5.26 Å². The average molecular weight is 286 g/mol. The predicted octanol–water partition coefficient (Wildman–Crippen LogP) is 1.85. The smallest absolute Gasteiger partial charge is 0.103 e. The van der Waals surface area contributed by atoms with Gasteiger partial charge in [0.15, 0.2) is 0 Å². The van der Waals surface area contributed by atoms with E-state index in [1.54, 1.807) is 0 Å². The maximum absolute atomic E-state index is 9.28. The number of aromatic nitrogens is 1. The number of nitriles is 1. The Morgan fingerprint density at radius 2 is 2.38 bits per heavy atom. The number of nitrogens with zero attached hydrogens (tertiary/aromatic N) is 3. The Morgan fingerprint density at radius 3 is 3.19 bits per heavy atom. The van der Waals surface area contributed by atoms with Crippen LogP contribution in [0, 0.1) is 25.2 Å². The van der Waals surface area contributed by atoms with Gasteiger partial charge < -0.3 is 10.1 Å². The highest BCUT2D eigenvalue weighted by molar-refractivity contribution is 5.59. The van der Waals surface area contributed by atoms with Crippen LogP contribution in [0.25, 0.3) is 0 Å². The molecule has 0 aromatic carbocycles. The van der Waals surface area contributed by atoms with Crippen LogP contribution >= 0.6 is 0 Å². The quantitative estimate of drug-likeness (QED) is 0.919. The zero-order chi connectivity index (χ0) is 14.8. The number of fused-ring (bicyclic) bond motifs is 1. The molecule has 5 heteroatoms. The summed E-state index contributed by atoms with van der Waals surface area (Å²) in [5, 5.41) is 12.7. The van der Waals surface area contributed by atoms with Gasteiger partial charge in [-0.25, -0.2) is 0 Å². The minimum atomic E-state index is 0.194. The summed E-state index contributed by atoms with van der Waals surface area (Å²) in [6, 6.07) is 4.80. The number of ether oxygens (including phenoxy) is 1. The van der Waals surface area contributed by atoms with E-state index in [4.69, 9.17) is 4.74 Å². The van der Waals surface area contributed by atoms with Crippen molar-refractivity contribution in [2.75, 3.05) is 31.6 Å². The summed E-state index contributed by atoms with van der Waals surface area (Å²) in [6.45, 7) is 7.59. The molecule has 1 N–H and O–H groups in total. The Balaban J connectivity index is 1.64. The van der Waals surface area contributed by atoms with Crippen molar-refractivity contribution in [1.29, 1.82) is 5.26 Å². The molecule has 2 unspecified atom stereocenters. The van der Waals surface area contributed by atoms with Crippen molar-refractivity contribution in [1.82, 2.24) is 9.88 Å². The lowest BCUT2D eigenvalue weighted by Gasteiger charge is -2.35. The molecule has 2 fully saturated rings. The van der Waals surface area contributed by atoms with E-state index in [1.807, 2.05) is 19.9 Å². The normalized spacial score (nSPS) is 25.4. The molecule has 112 valence electrons. The van der Waals surface area contributed by atoms with E-state index in [0.717, 1.165) is 36.8 Å². The van der Waals surface area contributed by atoms with E-state index >= 15 is 0 Å². The molecule has 0 saturated carbocycles. The Labute approximate surface area is 125 Å². The van der Waals surface area contributed by atoms with Crippen molar-refractivity contribution < 1.29 is 4.74 Å². The lowest BCUT2D eigenvalue weighted by Crippen LogP contribution is -2.48. The Hall–Kier alpha value is -1.64. The first kappa shape index (κ1) is 14.3. The van der Waals surface area contributed by atoms with Gasteiger partial charge in [0.1, 0.15) is 6.07 Å². The molecule has 1 aromatic rings. The van der Waals surface area contributed by atoms with E-state index in [0.29, 0.717) is 11.6 Å². The van der Waals surface area contributed by atoms with Crippen molar-refractivity contribution >= 4 is 5.69 Å². The summed E-state index contributed by atoms with van der Waals surface area (Å²) < 4.78 is 5.94. The van der Waals surface area contributed by atoms with Gasteiger partial charge in [0, 0.05) is 24.8 Å². The zero-order valence-corrected chi connectivity index (χ0v) is 12.7. The minimum absolute atomic E-state index is 0.194. The summed E-state index contributed by atoms with van der Waals surface area (Å²) in [4.78, 5) is 6.87. The van der Waals surface area contributed by atoms with Crippen LogP contribution in [-0.2, 0) is 4.74 Å². The number of hydrogen-bond donors (Lipinski definition) is 1. The van der Waals surface area contributed by atoms with Crippen LogP contribution in [0.1, 0.15) is 29.8 Å². The van der Waals surface area contributed by atoms with E-state index in [1.165, 1.54) is 19.4 Å². The van der Waals surface area contributed by atoms with Crippen molar-refractivity contribution in [3.8, 4) is 6.07 Å². The van der Waals surface area contributed by atoms with Crippen LogP contribution in [0.3, 0.4) is 0 Å². The molecular weight excluding hydrogens is 264 g/mol. The first-order valence-corrected chi connectivity index (χ1v) is 7.65. The van der Waals surface area contributed by atoms with E-state index < -0.39 is 0 Å². The summed E-state index contributed by atoms with van der Waals surface area (Å²) in [5.41, 5.74) is 3.22. The second-order valence-electron chi connectivity index (χ2n) is 6.01. The SMILES string of the molecule is Cc1cc(NCC2CN3CCCC3CO2)c(C#N)c(C)n1. The number of nitrogens with one attached hydrogen (secondary N) is 1. The van der Waals surface area contributed by atoms with E-state index in [-0.39, 0.29) is 6.10 Å². The highest BCUT2D eigenvalue weighted by Crippen LogP contribution is 2.23. The van der Waals surface area contributed by atoms with Crippen LogP contribution < -0.4 is 5.32 Å². The highest BCUT2D eigenvalue weighted by Gasteiger charge is 2.32. The second kappa shape index (κ2) is 6.00. The standard InChI is InChI=1S/C16H22N4O/c1-11-6-16(15(7-17)12(2)19-11)18-8-14-9-20-5-3-4-13(20)10-21-14/h6,13-14H,3-5,8-10H2,1-2H3,(H,18,19). The third kappa shape index (κ3) is 3.02. The van der Waals surface area contributed by atoms with Crippen molar-refractivity contribution in [2.45, 2.75) is 38.8 Å². The Bertz CT molecular complexity index is 566. The molecule has 1 aromatic heterocycles. The van der Waals surface area contributed by atoms with Crippen LogP contribution in [0.2, 0.25) is 0 Å². The number of rotatable bonds is 3. The van der Waals surface area contributed by atoms with Gasteiger partial charge in [-0.3, -0.25) is 9.88 Å². The Morgan fingerprint density at radius 1 is 1.52 bits per heavy atom. The number of morpholine rings is 1. The van der Waals surface area contributed by atoms with Crippen LogP contribution in [-0.4, -0.2) is 48.3 Å². The molecular formula is C16H22N4O. The fourth-order valence-electron chi connectivity index (χ4n) is 3.34. The van der Waals surface area contributed by atoms with E-state index in [2.05, 4.69) is 21.3 Å². The van der Waals surface area contributed by atoms with Crippen molar-refractivity contribution in [3.05, 3.63) is 23.0 Å². The molecule has 3 rings (SSSR count). The van der Waals surface area contributed by atoms with Gasteiger partial charge >= 0.3 is 0 Å². The monoisotopic (exact) mass is 286 g/mol. The third-order valence-electron chi connectivity index (χ3n) is 4.42. The Kier molecular flexibility index (Phi) is 4.09. The summed E-state index contributed by atoms with van der Waals surface area (Å²) in [7, 11) is 0. The first-order chi connectivity index (χ1) is 10.2. The molecule has 0 radical (unpaired) electrons. The molecule has 2 aliphatic rings. The molecule has 3 heterocycles. The zero-order valence-electron chi connectivity index (χ0n) is 12.7. The molecule has 21 heavy (non-hydrogen) atoms. The van der Waals surface area contributed by atoms with Gasteiger partial charge in [0.2, 0.25) is 0 Å². The number of aryl methyl sites for hydroxylation is 2. The lowest BCUT2D eigenvalue weighted by molar-refractivity contribution is -0.0415. The molecule has 0 amide bonds. The van der Waals surface area contributed by atoms with Gasteiger partial charge in [-0.1, -0.05) is 0 Å². The predicted molar refractivity (Wildman–Crippen MR) is 81.3 cm³/mol. The fraction of sp³-hybridized carbons (Fsp3) is 0.625. The molecule has 5 nitrogen and oxygen atoms in total.